The average molecular weight is 367 g/mol. The minimum absolute atomic E-state index is 0.0342. The van der Waals surface area contributed by atoms with E-state index in [0.29, 0.717) is 22.8 Å². The van der Waals surface area contributed by atoms with Gasteiger partial charge in [0.1, 0.15) is 0 Å². The highest BCUT2D eigenvalue weighted by molar-refractivity contribution is 7.98. The highest BCUT2D eigenvalue weighted by atomic mass is 32.2. The minimum Gasteiger partial charge on any atom is -0.315 e. The van der Waals surface area contributed by atoms with Gasteiger partial charge in [-0.25, -0.2) is 4.98 Å². The van der Waals surface area contributed by atoms with Crippen molar-refractivity contribution in [3.8, 4) is 0 Å². The fourth-order valence-electron chi connectivity index (χ4n) is 2.90. The van der Waals surface area contributed by atoms with Crippen LogP contribution in [-0.2, 0) is 11.2 Å². The molecule has 0 saturated carbocycles. The Morgan fingerprint density at radius 1 is 1.19 bits per heavy atom. The van der Waals surface area contributed by atoms with Crippen LogP contribution in [-0.4, -0.2) is 29.2 Å². The summed E-state index contributed by atoms with van der Waals surface area (Å²) < 4.78 is 0. The molecule has 1 heterocycles. The van der Waals surface area contributed by atoms with Crippen molar-refractivity contribution >= 4 is 34.1 Å². The Morgan fingerprint density at radius 2 is 1.92 bits per heavy atom. The lowest BCUT2D eigenvalue weighted by Crippen LogP contribution is -2.27. The van der Waals surface area contributed by atoms with Crippen LogP contribution in [0.25, 0.3) is 10.8 Å². The highest BCUT2D eigenvalue weighted by Crippen LogP contribution is 2.22. The lowest BCUT2D eigenvalue weighted by molar-refractivity contribution is -0.118. The van der Waals surface area contributed by atoms with Crippen LogP contribution in [0.3, 0.4) is 0 Å². The number of carbonyl (C=O) groups excluding carboxylic acids is 1. The van der Waals surface area contributed by atoms with E-state index in [2.05, 4.69) is 9.97 Å². The second-order valence-electron chi connectivity index (χ2n) is 6.12. The van der Waals surface area contributed by atoms with Crippen molar-refractivity contribution in [2.75, 3.05) is 18.2 Å². The van der Waals surface area contributed by atoms with Gasteiger partial charge in [-0.2, -0.15) is 0 Å². The van der Waals surface area contributed by atoms with E-state index in [9.17, 15) is 9.59 Å². The van der Waals surface area contributed by atoms with Gasteiger partial charge in [0.25, 0.3) is 5.56 Å². The van der Waals surface area contributed by atoms with Crippen LogP contribution < -0.4 is 10.5 Å². The van der Waals surface area contributed by atoms with Crippen LogP contribution in [0.15, 0.2) is 52.4 Å². The van der Waals surface area contributed by atoms with Crippen molar-refractivity contribution in [3.05, 3.63) is 64.1 Å². The van der Waals surface area contributed by atoms with E-state index < -0.39 is 0 Å². The Hall–Kier alpha value is -2.60. The third-order valence-electron chi connectivity index (χ3n) is 4.48. The molecular weight excluding hydrogens is 346 g/mol. The van der Waals surface area contributed by atoms with E-state index in [-0.39, 0.29) is 17.9 Å². The first-order chi connectivity index (χ1) is 12.5. The number of aromatic nitrogens is 2. The molecule has 134 valence electrons. The maximum absolute atomic E-state index is 12.6. The number of hydrogen-bond donors (Lipinski definition) is 1. The number of rotatable bonds is 5. The Balaban J connectivity index is 1.74. The molecule has 0 radical (unpaired) electrons. The van der Waals surface area contributed by atoms with Gasteiger partial charge < -0.3 is 9.88 Å². The number of aryl methyl sites for hydroxylation is 1. The minimum atomic E-state index is -0.164. The van der Waals surface area contributed by atoms with E-state index in [1.165, 1.54) is 11.8 Å². The topological polar surface area (TPSA) is 66.1 Å². The summed E-state index contributed by atoms with van der Waals surface area (Å²) in [5.41, 5.74) is 1.93. The number of hydrogen-bond acceptors (Lipinski definition) is 4. The summed E-state index contributed by atoms with van der Waals surface area (Å²) in [7, 11) is 1.76. The van der Waals surface area contributed by atoms with Gasteiger partial charge in [-0.3, -0.25) is 9.59 Å². The molecule has 0 bridgehead atoms. The van der Waals surface area contributed by atoms with Crippen molar-refractivity contribution < 1.29 is 4.79 Å². The fourth-order valence-corrected chi connectivity index (χ4v) is 3.33. The molecule has 26 heavy (non-hydrogen) atoms. The van der Waals surface area contributed by atoms with Gasteiger partial charge in [0.2, 0.25) is 5.91 Å². The zero-order valence-corrected chi connectivity index (χ0v) is 15.9. The summed E-state index contributed by atoms with van der Waals surface area (Å²) in [6, 6.07) is 14.0. The van der Waals surface area contributed by atoms with E-state index in [4.69, 9.17) is 0 Å². The highest BCUT2D eigenvalue weighted by Gasteiger charge is 2.14. The van der Waals surface area contributed by atoms with Crippen LogP contribution in [0.2, 0.25) is 0 Å². The molecule has 0 fully saturated rings. The van der Waals surface area contributed by atoms with Gasteiger partial charge in [-0.1, -0.05) is 42.1 Å². The molecule has 0 spiro atoms. The van der Waals surface area contributed by atoms with Gasteiger partial charge in [-0.15, -0.1) is 0 Å². The van der Waals surface area contributed by atoms with E-state index >= 15 is 0 Å². The van der Waals surface area contributed by atoms with E-state index in [0.717, 1.165) is 16.5 Å². The summed E-state index contributed by atoms with van der Waals surface area (Å²) in [4.78, 5) is 33.5. The summed E-state index contributed by atoms with van der Waals surface area (Å²) in [6.45, 7) is 1.81. The maximum Gasteiger partial charge on any atom is 0.254 e. The Morgan fingerprint density at radius 3 is 2.62 bits per heavy atom. The summed E-state index contributed by atoms with van der Waals surface area (Å²) >= 11 is 1.39. The lowest BCUT2D eigenvalue weighted by Gasteiger charge is -2.18. The monoisotopic (exact) mass is 367 g/mol. The van der Waals surface area contributed by atoms with Gasteiger partial charge in [0.15, 0.2) is 5.16 Å². The molecule has 0 atom stereocenters. The Bertz CT molecular complexity index is 1010. The standard InChI is InChI=1S/C20H21N3O2S/c1-13-17(19(25)22-20(21-13)26-3)10-11-18(24)23(2)16-9-8-14-6-4-5-7-15(14)12-16/h4-9,12H,10-11H2,1-3H3,(H,21,22,25). The maximum atomic E-state index is 12.6. The van der Waals surface area contributed by atoms with Crippen LogP contribution in [0.1, 0.15) is 17.7 Å². The van der Waals surface area contributed by atoms with Crippen LogP contribution >= 0.6 is 11.8 Å². The molecule has 6 heteroatoms. The number of nitrogens with zero attached hydrogens (tertiary/aromatic N) is 2. The molecule has 3 rings (SSSR count). The normalized spacial score (nSPS) is 10.9. The van der Waals surface area contributed by atoms with Crippen molar-refractivity contribution in [3.63, 3.8) is 0 Å². The van der Waals surface area contributed by atoms with Gasteiger partial charge in [0.05, 0.1) is 0 Å². The van der Waals surface area contributed by atoms with Crippen molar-refractivity contribution in [2.45, 2.75) is 24.9 Å². The van der Waals surface area contributed by atoms with Crippen molar-refractivity contribution in [1.82, 2.24) is 9.97 Å². The number of benzene rings is 2. The molecule has 0 aliphatic heterocycles. The van der Waals surface area contributed by atoms with Crippen molar-refractivity contribution in [1.29, 1.82) is 0 Å². The number of H-pyrrole nitrogens is 1. The Kier molecular flexibility index (Phi) is 5.42. The zero-order valence-electron chi connectivity index (χ0n) is 15.1. The van der Waals surface area contributed by atoms with Crippen molar-refractivity contribution in [2.24, 2.45) is 0 Å². The molecule has 1 aromatic heterocycles. The van der Waals surface area contributed by atoms with E-state index in [1.807, 2.05) is 55.6 Å². The summed E-state index contributed by atoms with van der Waals surface area (Å²) in [5, 5.41) is 2.82. The second kappa shape index (κ2) is 7.74. The largest absolute Gasteiger partial charge is 0.315 e. The molecule has 1 amide bonds. The average Bonchev–Trinajstić information content (AvgIpc) is 2.65. The molecule has 1 N–H and O–H groups in total. The fraction of sp³-hybridized carbons (Fsp3) is 0.250. The number of aromatic amines is 1. The number of nitrogens with one attached hydrogen (secondary N) is 1. The molecule has 0 unspecified atom stereocenters. The molecule has 2 aromatic carbocycles. The molecule has 0 aliphatic carbocycles. The SMILES string of the molecule is CSc1nc(C)c(CCC(=O)N(C)c2ccc3ccccc3c2)c(=O)[nH]1. The molecule has 0 aliphatic rings. The van der Waals surface area contributed by atoms with Crippen LogP contribution in [0, 0.1) is 6.92 Å². The van der Waals surface area contributed by atoms with Gasteiger partial charge in [-0.05, 0) is 42.5 Å². The van der Waals surface area contributed by atoms with Crippen LogP contribution in [0.5, 0.6) is 0 Å². The van der Waals surface area contributed by atoms with Gasteiger partial charge in [0, 0.05) is 30.4 Å². The second-order valence-corrected chi connectivity index (χ2v) is 6.92. The number of anilines is 1. The van der Waals surface area contributed by atoms with E-state index in [1.54, 1.807) is 11.9 Å². The summed E-state index contributed by atoms with van der Waals surface area (Å²) in [5.74, 6) is -0.0342. The first kappa shape index (κ1) is 18.2. The number of amides is 1. The quantitative estimate of drug-likeness (QED) is 0.553. The lowest BCUT2D eigenvalue weighted by atomic mass is 10.1. The predicted octanol–water partition coefficient (Wildman–Crippen LogP) is 3.55. The first-order valence-corrected chi connectivity index (χ1v) is 9.61. The molecule has 0 saturated heterocycles. The number of fused-ring (bicyclic) bond motifs is 1. The number of carbonyl (C=O) groups is 1. The summed E-state index contributed by atoms with van der Waals surface area (Å²) in [6.07, 6.45) is 2.49. The molecule has 3 aromatic rings. The number of thioether (sulfide) groups is 1. The molecular formula is C20H21N3O2S. The zero-order chi connectivity index (χ0) is 18.7. The molecule has 5 nitrogen and oxygen atoms in total. The smallest absolute Gasteiger partial charge is 0.254 e. The third-order valence-corrected chi connectivity index (χ3v) is 5.06. The first-order valence-electron chi connectivity index (χ1n) is 8.38. The Labute approximate surface area is 156 Å². The third kappa shape index (κ3) is 3.80. The van der Waals surface area contributed by atoms with Gasteiger partial charge >= 0.3 is 0 Å². The predicted molar refractivity (Wildman–Crippen MR) is 107 cm³/mol. The van der Waals surface area contributed by atoms with Crippen LogP contribution in [0.4, 0.5) is 5.69 Å².